The fraction of sp³-hybridized carbons (Fsp3) is 0.333. The van der Waals surface area contributed by atoms with E-state index >= 15 is 0 Å². The molecule has 1 aliphatic heterocycles. The third-order valence-electron chi connectivity index (χ3n) is 2.87. The van der Waals surface area contributed by atoms with Crippen molar-refractivity contribution in [2.45, 2.75) is 18.9 Å². The van der Waals surface area contributed by atoms with E-state index in [0.29, 0.717) is 23.7 Å². The van der Waals surface area contributed by atoms with Gasteiger partial charge in [0, 0.05) is 24.7 Å². The Hall–Kier alpha value is -1.75. The fourth-order valence-electron chi connectivity index (χ4n) is 1.92. The normalized spacial score (nSPS) is 18.5. The van der Waals surface area contributed by atoms with Crippen molar-refractivity contribution >= 4 is 29.1 Å². The molecule has 96 valence electrons. The first-order valence-corrected chi connectivity index (χ1v) is 6.07. The summed E-state index contributed by atoms with van der Waals surface area (Å²) < 4.78 is 0. The van der Waals surface area contributed by atoms with Crippen LogP contribution in [0, 0.1) is 0 Å². The summed E-state index contributed by atoms with van der Waals surface area (Å²) in [5, 5.41) is 5.82. The number of nitrogens with one attached hydrogen (secondary N) is 2. The Kier molecular flexibility index (Phi) is 3.72. The number of nitrogens with two attached hydrogens (primary N) is 1. The van der Waals surface area contributed by atoms with Gasteiger partial charge in [-0.25, -0.2) is 0 Å². The summed E-state index contributed by atoms with van der Waals surface area (Å²) in [5.74, 6) is -0.300. The van der Waals surface area contributed by atoms with Gasteiger partial charge in [0.25, 0.3) is 5.91 Å². The first-order chi connectivity index (χ1) is 8.58. The molecule has 4 N–H and O–H groups in total. The van der Waals surface area contributed by atoms with Crippen LogP contribution in [0.3, 0.4) is 0 Å². The van der Waals surface area contributed by atoms with Gasteiger partial charge in [0.15, 0.2) is 0 Å². The summed E-state index contributed by atoms with van der Waals surface area (Å²) in [6.45, 7) is 0.384. The molecule has 0 aromatic heterocycles. The van der Waals surface area contributed by atoms with E-state index in [-0.39, 0.29) is 23.4 Å². The minimum Gasteiger partial charge on any atom is -0.398 e. The monoisotopic (exact) mass is 267 g/mol. The standard InChI is InChI=1S/C12H14ClN3O2/c13-8-2-1-3-9(14)11(8)12(18)15-6-7-4-5-10(17)16-7/h1-3,7H,4-6,14H2,(H,15,18)(H,16,17). The van der Waals surface area contributed by atoms with Crippen molar-refractivity contribution in [3.8, 4) is 0 Å². The smallest absolute Gasteiger partial charge is 0.254 e. The molecule has 5 nitrogen and oxygen atoms in total. The number of halogens is 1. The molecule has 1 saturated heterocycles. The molecule has 1 aliphatic rings. The number of amides is 2. The molecular weight excluding hydrogens is 254 g/mol. The zero-order valence-electron chi connectivity index (χ0n) is 9.70. The summed E-state index contributed by atoms with van der Waals surface area (Å²) in [6.07, 6.45) is 1.24. The van der Waals surface area contributed by atoms with Crippen molar-refractivity contribution in [3.63, 3.8) is 0 Å². The van der Waals surface area contributed by atoms with E-state index < -0.39 is 0 Å². The van der Waals surface area contributed by atoms with Crippen molar-refractivity contribution in [1.29, 1.82) is 0 Å². The highest BCUT2D eigenvalue weighted by Crippen LogP contribution is 2.21. The van der Waals surface area contributed by atoms with Gasteiger partial charge in [-0.1, -0.05) is 17.7 Å². The number of hydrogen-bond acceptors (Lipinski definition) is 3. The minimum atomic E-state index is -0.320. The molecule has 0 spiro atoms. The maximum Gasteiger partial charge on any atom is 0.254 e. The van der Waals surface area contributed by atoms with E-state index in [2.05, 4.69) is 10.6 Å². The zero-order chi connectivity index (χ0) is 13.1. The predicted octanol–water partition coefficient (Wildman–Crippen LogP) is 0.931. The van der Waals surface area contributed by atoms with E-state index in [1.54, 1.807) is 18.2 Å². The van der Waals surface area contributed by atoms with Crippen molar-refractivity contribution in [2.75, 3.05) is 12.3 Å². The van der Waals surface area contributed by atoms with Crippen molar-refractivity contribution < 1.29 is 9.59 Å². The first-order valence-electron chi connectivity index (χ1n) is 5.69. The van der Waals surface area contributed by atoms with Crippen LogP contribution in [0.25, 0.3) is 0 Å². The average Bonchev–Trinajstić information content (AvgIpc) is 2.72. The summed E-state index contributed by atoms with van der Waals surface area (Å²) >= 11 is 5.93. The minimum absolute atomic E-state index is 0.00911. The van der Waals surface area contributed by atoms with Crippen LogP contribution in [0.4, 0.5) is 5.69 Å². The third kappa shape index (κ3) is 2.73. The molecule has 18 heavy (non-hydrogen) atoms. The van der Waals surface area contributed by atoms with E-state index in [9.17, 15) is 9.59 Å². The molecule has 0 aliphatic carbocycles. The summed E-state index contributed by atoms with van der Waals surface area (Å²) in [6, 6.07) is 4.92. The second-order valence-corrected chi connectivity index (χ2v) is 4.62. The highest BCUT2D eigenvalue weighted by Gasteiger charge is 2.22. The maximum absolute atomic E-state index is 11.9. The molecule has 1 fully saturated rings. The number of anilines is 1. The Bertz CT molecular complexity index is 470. The molecule has 1 aromatic rings. The number of carbonyl (C=O) groups excluding carboxylic acids is 2. The highest BCUT2D eigenvalue weighted by atomic mass is 35.5. The Morgan fingerprint density at radius 1 is 1.56 bits per heavy atom. The molecule has 0 saturated carbocycles. The summed E-state index contributed by atoms with van der Waals surface area (Å²) in [4.78, 5) is 22.9. The van der Waals surface area contributed by atoms with Crippen LogP contribution in [-0.4, -0.2) is 24.4 Å². The lowest BCUT2D eigenvalue weighted by atomic mass is 10.1. The van der Waals surface area contributed by atoms with E-state index in [0.717, 1.165) is 6.42 Å². The van der Waals surface area contributed by atoms with Crippen LogP contribution in [0.5, 0.6) is 0 Å². The van der Waals surface area contributed by atoms with Crippen LogP contribution in [0.1, 0.15) is 23.2 Å². The zero-order valence-corrected chi connectivity index (χ0v) is 10.5. The lowest BCUT2D eigenvalue weighted by Crippen LogP contribution is -2.38. The molecule has 1 aromatic carbocycles. The van der Waals surface area contributed by atoms with Gasteiger partial charge in [0.1, 0.15) is 0 Å². The van der Waals surface area contributed by atoms with Gasteiger partial charge >= 0.3 is 0 Å². The van der Waals surface area contributed by atoms with Gasteiger partial charge in [0.2, 0.25) is 5.91 Å². The Balaban J connectivity index is 1.98. The number of hydrogen-bond donors (Lipinski definition) is 3. The molecule has 1 unspecified atom stereocenters. The molecular formula is C12H14ClN3O2. The first kappa shape index (κ1) is 12.7. The second-order valence-electron chi connectivity index (χ2n) is 4.22. The number of rotatable bonds is 3. The Morgan fingerprint density at radius 3 is 2.94 bits per heavy atom. The van der Waals surface area contributed by atoms with E-state index in [1.807, 2.05) is 0 Å². The van der Waals surface area contributed by atoms with E-state index in [1.165, 1.54) is 0 Å². The van der Waals surface area contributed by atoms with E-state index in [4.69, 9.17) is 17.3 Å². The number of nitrogen functional groups attached to an aromatic ring is 1. The van der Waals surface area contributed by atoms with Crippen LogP contribution in [0.15, 0.2) is 18.2 Å². The molecule has 2 amide bonds. The fourth-order valence-corrected chi connectivity index (χ4v) is 2.18. The molecule has 1 atom stereocenters. The molecule has 6 heteroatoms. The lowest BCUT2D eigenvalue weighted by molar-refractivity contribution is -0.119. The maximum atomic E-state index is 11.9. The topological polar surface area (TPSA) is 84.2 Å². The molecule has 2 rings (SSSR count). The van der Waals surface area contributed by atoms with Crippen LogP contribution >= 0.6 is 11.6 Å². The van der Waals surface area contributed by atoms with Gasteiger partial charge in [-0.15, -0.1) is 0 Å². The van der Waals surface area contributed by atoms with Crippen LogP contribution < -0.4 is 16.4 Å². The van der Waals surface area contributed by atoms with Gasteiger partial charge in [-0.3, -0.25) is 9.59 Å². The van der Waals surface area contributed by atoms with Crippen LogP contribution in [-0.2, 0) is 4.79 Å². The second kappa shape index (κ2) is 5.27. The number of benzene rings is 1. The van der Waals surface area contributed by atoms with Crippen molar-refractivity contribution in [3.05, 3.63) is 28.8 Å². The quantitative estimate of drug-likeness (QED) is 0.713. The number of carbonyl (C=O) groups is 2. The molecule has 1 heterocycles. The average molecular weight is 268 g/mol. The third-order valence-corrected chi connectivity index (χ3v) is 3.18. The SMILES string of the molecule is Nc1cccc(Cl)c1C(=O)NCC1CCC(=O)N1. The molecule has 0 bridgehead atoms. The Morgan fingerprint density at radius 2 is 2.33 bits per heavy atom. The lowest BCUT2D eigenvalue weighted by Gasteiger charge is -2.13. The van der Waals surface area contributed by atoms with Crippen LogP contribution in [0.2, 0.25) is 5.02 Å². The van der Waals surface area contributed by atoms with Gasteiger partial charge < -0.3 is 16.4 Å². The van der Waals surface area contributed by atoms with Crippen molar-refractivity contribution in [2.24, 2.45) is 0 Å². The highest BCUT2D eigenvalue weighted by molar-refractivity contribution is 6.34. The largest absolute Gasteiger partial charge is 0.398 e. The van der Waals surface area contributed by atoms with Gasteiger partial charge in [-0.05, 0) is 18.6 Å². The summed E-state index contributed by atoms with van der Waals surface area (Å²) in [5.41, 5.74) is 6.34. The van der Waals surface area contributed by atoms with Crippen molar-refractivity contribution in [1.82, 2.24) is 10.6 Å². The predicted molar refractivity (Wildman–Crippen MR) is 69.4 cm³/mol. The van der Waals surface area contributed by atoms with Gasteiger partial charge in [-0.2, -0.15) is 0 Å². The summed E-state index contributed by atoms with van der Waals surface area (Å²) in [7, 11) is 0. The van der Waals surface area contributed by atoms with Gasteiger partial charge in [0.05, 0.1) is 10.6 Å². The molecule has 0 radical (unpaired) electrons. The Labute approximate surface area is 110 Å².